The van der Waals surface area contributed by atoms with E-state index in [2.05, 4.69) is 42.1 Å². The SMILES string of the molecule is C=CCN(CC=C)C1=NNN(N(CC=C)CC=C)N=C1. The van der Waals surface area contributed by atoms with Crippen LogP contribution in [0.3, 0.4) is 0 Å². The lowest BCUT2D eigenvalue weighted by atomic mass is 10.4. The Hall–Kier alpha value is -2.34. The fourth-order valence-corrected chi connectivity index (χ4v) is 1.65. The third-order valence-electron chi connectivity index (χ3n) is 2.51. The van der Waals surface area contributed by atoms with Crippen LogP contribution in [0.15, 0.2) is 60.8 Å². The van der Waals surface area contributed by atoms with E-state index in [4.69, 9.17) is 0 Å². The molecule has 0 saturated heterocycles. The minimum absolute atomic E-state index is 0.643. The molecule has 1 aliphatic rings. The molecule has 6 heteroatoms. The molecule has 0 fully saturated rings. The van der Waals surface area contributed by atoms with Crippen molar-refractivity contribution >= 4 is 12.1 Å². The summed E-state index contributed by atoms with van der Waals surface area (Å²) in [5, 5.41) is 12.1. The molecule has 108 valence electrons. The average Bonchev–Trinajstić information content (AvgIpc) is 2.47. The third kappa shape index (κ3) is 4.40. The topological polar surface area (TPSA) is 46.5 Å². The van der Waals surface area contributed by atoms with Gasteiger partial charge in [-0.1, -0.05) is 24.3 Å². The van der Waals surface area contributed by atoms with Crippen LogP contribution < -0.4 is 5.53 Å². The van der Waals surface area contributed by atoms with Gasteiger partial charge in [0.2, 0.25) is 0 Å². The predicted molar refractivity (Wildman–Crippen MR) is 84.8 cm³/mol. The average molecular weight is 274 g/mol. The first-order valence-corrected chi connectivity index (χ1v) is 6.37. The number of rotatable bonds is 9. The summed E-state index contributed by atoms with van der Waals surface area (Å²) in [7, 11) is 0. The van der Waals surface area contributed by atoms with Crippen molar-refractivity contribution in [3.8, 4) is 0 Å². The molecule has 1 aliphatic heterocycles. The summed E-state index contributed by atoms with van der Waals surface area (Å²) >= 11 is 0. The fraction of sp³-hybridized carbons (Fsp3) is 0.286. The number of hydrogen-bond acceptors (Lipinski definition) is 6. The van der Waals surface area contributed by atoms with Gasteiger partial charge in [0.1, 0.15) is 0 Å². The molecule has 0 saturated carbocycles. The second kappa shape index (κ2) is 8.71. The van der Waals surface area contributed by atoms with Gasteiger partial charge in [-0.25, -0.2) is 0 Å². The predicted octanol–water partition coefficient (Wildman–Crippen LogP) is 1.37. The van der Waals surface area contributed by atoms with Crippen LogP contribution in [0.1, 0.15) is 0 Å². The van der Waals surface area contributed by atoms with Crippen LogP contribution in [-0.2, 0) is 0 Å². The highest BCUT2D eigenvalue weighted by molar-refractivity contribution is 6.29. The molecule has 1 N–H and O–H groups in total. The highest BCUT2D eigenvalue weighted by atomic mass is 16.0. The van der Waals surface area contributed by atoms with Crippen molar-refractivity contribution in [2.45, 2.75) is 0 Å². The molecule has 0 aliphatic carbocycles. The minimum Gasteiger partial charge on any atom is -0.346 e. The summed E-state index contributed by atoms with van der Waals surface area (Å²) in [6.45, 7) is 17.6. The van der Waals surface area contributed by atoms with E-state index in [1.165, 1.54) is 0 Å². The maximum absolute atomic E-state index is 4.32. The highest BCUT2D eigenvalue weighted by Crippen LogP contribution is 2.02. The van der Waals surface area contributed by atoms with Crippen molar-refractivity contribution in [2.24, 2.45) is 10.2 Å². The normalized spacial score (nSPS) is 13.4. The van der Waals surface area contributed by atoms with Crippen molar-refractivity contribution < 1.29 is 0 Å². The summed E-state index contributed by atoms with van der Waals surface area (Å²) in [6.07, 6.45) is 8.91. The van der Waals surface area contributed by atoms with Gasteiger partial charge in [0.25, 0.3) is 0 Å². The Labute approximate surface area is 120 Å². The summed E-state index contributed by atoms with van der Waals surface area (Å²) in [5.41, 5.74) is 2.88. The maximum atomic E-state index is 4.32. The molecule has 0 amide bonds. The minimum atomic E-state index is 0.643. The number of nitrogens with one attached hydrogen (secondary N) is 1. The Bertz CT molecular complexity index is 392. The first kappa shape index (κ1) is 15.7. The van der Waals surface area contributed by atoms with E-state index < -0.39 is 0 Å². The van der Waals surface area contributed by atoms with Crippen LogP contribution in [0.2, 0.25) is 0 Å². The van der Waals surface area contributed by atoms with Crippen LogP contribution in [-0.4, -0.2) is 53.4 Å². The van der Waals surface area contributed by atoms with Crippen molar-refractivity contribution in [1.82, 2.24) is 20.7 Å². The summed E-state index contributed by atoms with van der Waals surface area (Å²) < 4.78 is 0. The molecule has 1 rings (SSSR count). The molecule has 0 atom stereocenters. The Balaban J connectivity index is 2.69. The van der Waals surface area contributed by atoms with Crippen LogP contribution in [0.5, 0.6) is 0 Å². The molecule has 6 nitrogen and oxygen atoms in total. The van der Waals surface area contributed by atoms with Crippen LogP contribution >= 0.6 is 0 Å². The lowest BCUT2D eigenvalue weighted by Crippen LogP contribution is -2.50. The largest absolute Gasteiger partial charge is 0.346 e. The molecule has 0 unspecified atom stereocenters. The van der Waals surface area contributed by atoms with E-state index in [-0.39, 0.29) is 0 Å². The molecule has 1 heterocycles. The van der Waals surface area contributed by atoms with Gasteiger partial charge in [-0.15, -0.1) is 41.7 Å². The van der Waals surface area contributed by atoms with E-state index in [1.807, 2.05) is 22.1 Å². The zero-order valence-corrected chi connectivity index (χ0v) is 11.8. The van der Waals surface area contributed by atoms with Crippen molar-refractivity contribution in [3.05, 3.63) is 50.6 Å². The van der Waals surface area contributed by atoms with Gasteiger partial charge in [-0.3, -0.25) is 0 Å². The summed E-state index contributed by atoms with van der Waals surface area (Å²) in [4.78, 5) is 2.00. The van der Waals surface area contributed by atoms with E-state index in [1.54, 1.807) is 23.6 Å². The zero-order chi connectivity index (χ0) is 14.8. The molecule has 20 heavy (non-hydrogen) atoms. The standard InChI is InChI=1S/C14H22N6/c1-5-9-18(10-6-2)14-13-15-20(17-16-14)19(11-7-3)12-8-4/h5-8,13,17H,1-4,9-12H2. The van der Waals surface area contributed by atoms with E-state index in [9.17, 15) is 0 Å². The summed E-state index contributed by atoms with van der Waals surface area (Å²) in [5.74, 6) is 0.734. The van der Waals surface area contributed by atoms with Gasteiger partial charge < -0.3 is 4.90 Å². The smallest absolute Gasteiger partial charge is 0.171 e. The first-order chi connectivity index (χ1) is 9.76. The Morgan fingerprint density at radius 3 is 1.95 bits per heavy atom. The molecule has 0 aromatic heterocycles. The fourth-order valence-electron chi connectivity index (χ4n) is 1.65. The third-order valence-corrected chi connectivity index (χ3v) is 2.51. The molecule has 0 aromatic carbocycles. The van der Waals surface area contributed by atoms with Crippen molar-refractivity contribution in [1.29, 1.82) is 0 Å². The maximum Gasteiger partial charge on any atom is 0.171 e. The van der Waals surface area contributed by atoms with E-state index in [0.717, 1.165) is 5.84 Å². The molecule has 0 bridgehead atoms. The van der Waals surface area contributed by atoms with Crippen LogP contribution in [0.25, 0.3) is 0 Å². The molecular weight excluding hydrogens is 252 g/mol. The lowest BCUT2D eigenvalue weighted by molar-refractivity contribution is -0.0522. The van der Waals surface area contributed by atoms with E-state index >= 15 is 0 Å². The monoisotopic (exact) mass is 274 g/mol. The molecular formula is C14H22N6. The van der Waals surface area contributed by atoms with Crippen LogP contribution in [0, 0.1) is 0 Å². The van der Waals surface area contributed by atoms with Gasteiger partial charge in [-0.05, 0) is 0 Å². The molecule has 0 radical (unpaired) electrons. The zero-order valence-electron chi connectivity index (χ0n) is 11.8. The lowest BCUT2D eigenvalue weighted by Gasteiger charge is -2.32. The summed E-state index contributed by atoms with van der Waals surface area (Å²) in [6, 6.07) is 0. The highest BCUT2D eigenvalue weighted by Gasteiger charge is 2.16. The Morgan fingerprint density at radius 1 is 1.00 bits per heavy atom. The number of hydrazone groups is 2. The number of amidine groups is 1. The first-order valence-electron chi connectivity index (χ1n) is 6.37. The number of hydrazine groups is 2. The van der Waals surface area contributed by atoms with Gasteiger partial charge in [0.05, 0.1) is 6.21 Å². The number of hydrogen-bond donors (Lipinski definition) is 1. The van der Waals surface area contributed by atoms with Gasteiger partial charge in [-0.2, -0.15) is 10.5 Å². The second-order valence-electron chi connectivity index (χ2n) is 4.04. The van der Waals surface area contributed by atoms with E-state index in [0.29, 0.717) is 26.2 Å². The van der Waals surface area contributed by atoms with Crippen LogP contribution in [0.4, 0.5) is 0 Å². The number of nitrogens with zero attached hydrogens (tertiary/aromatic N) is 5. The molecule has 0 spiro atoms. The molecule has 0 aromatic rings. The van der Waals surface area contributed by atoms with Gasteiger partial charge in [0, 0.05) is 26.2 Å². The van der Waals surface area contributed by atoms with Gasteiger partial charge >= 0.3 is 0 Å². The Morgan fingerprint density at radius 2 is 1.55 bits per heavy atom. The van der Waals surface area contributed by atoms with Gasteiger partial charge in [0.15, 0.2) is 5.84 Å². The second-order valence-corrected chi connectivity index (χ2v) is 4.04. The van der Waals surface area contributed by atoms with Crippen molar-refractivity contribution in [3.63, 3.8) is 0 Å². The Kier molecular flexibility index (Phi) is 6.84. The quantitative estimate of drug-likeness (QED) is 0.645. The van der Waals surface area contributed by atoms with Crippen molar-refractivity contribution in [2.75, 3.05) is 26.2 Å².